The number of unbranched alkanes of at least 4 members (excludes halogenated alkanes) is 1. The summed E-state index contributed by atoms with van der Waals surface area (Å²) in [6.45, 7) is 0. The highest BCUT2D eigenvalue weighted by molar-refractivity contribution is 8.00. The summed E-state index contributed by atoms with van der Waals surface area (Å²) in [5, 5.41) is 6.23. The fourth-order valence-corrected chi connectivity index (χ4v) is 4.50. The normalized spacial score (nSPS) is 24.8. The molecule has 0 bridgehead atoms. The standard InChI is InChI=1S/C16H19N3O4S/c20-13(23-15(21)10-4-3-7-17-8-10)6-2-1-5-12-14-11(9-24-12)18-16(22)19-14/h3-4,7-8,11-12,14H,1-2,5-6,9H2,(H2,18,19,22)/t11-,12-,14-/m0/s1. The highest BCUT2D eigenvalue weighted by atomic mass is 32.2. The van der Waals surface area contributed by atoms with Crippen LogP contribution < -0.4 is 10.6 Å². The number of carbonyl (C=O) groups excluding carboxylic acids is 3. The van der Waals surface area contributed by atoms with E-state index in [0.717, 1.165) is 18.6 Å². The molecule has 1 aromatic rings. The summed E-state index contributed by atoms with van der Waals surface area (Å²) >= 11 is 1.85. The topological polar surface area (TPSA) is 97.4 Å². The van der Waals surface area contributed by atoms with Gasteiger partial charge < -0.3 is 15.4 Å². The van der Waals surface area contributed by atoms with Crippen LogP contribution in [0.4, 0.5) is 4.79 Å². The Bertz CT molecular complexity index is 625. The van der Waals surface area contributed by atoms with Gasteiger partial charge in [-0.25, -0.2) is 9.59 Å². The van der Waals surface area contributed by atoms with E-state index in [1.807, 2.05) is 11.8 Å². The van der Waals surface area contributed by atoms with Gasteiger partial charge in [-0.3, -0.25) is 9.78 Å². The van der Waals surface area contributed by atoms with Crippen molar-refractivity contribution < 1.29 is 19.1 Å². The van der Waals surface area contributed by atoms with E-state index in [4.69, 9.17) is 4.74 Å². The van der Waals surface area contributed by atoms with E-state index >= 15 is 0 Å². The first kappa shape index (κ1) is 16.8. The first-order valence-corrected chi connectivity index (χ1v) is 9.02. The number of nitrogens with one attached hydrogen (secondary N) is 2. The van der Waals surface area contributed by atoms with Crippen molar-refractivity contribution in [3.05, 3.63) is 30.1 Å². The zero-order chi connectivity index (χ0) is 16.9. The second-order valence-electron chi connectivity index (χ2n) is 5.87. The summed E-state index contributed by atoms with van der Waals surface area (Å²) < 4.78 is 4.80. The summed E-state index contributed by atoms with van der Waals surface area (Å²) in [6, 6.07) is 3.48. The highest BCUT2D eigenvalue weighted by Crippen LogP contribution is 2.33. The molecule has 128 valence electrons. The van der Waals surface area contributed by atoms with Gasteiger partial charge in [0.1, 0.15) is 0 Å². The lowest BCUT2D eigenvalue weighted by atomic mass is 10.0. The summed E-state index contributed by atoms with van der Waals surface area (Å²) in [4.78, 5) is 38.6. The first-order valence-electron chi connectivity index (χ1n) is 7.97. The molecule has 0 radical (unpaired) electrons. The van der Waals surface area contributed by atoms with E-state index in [-0.39, 0.29) is 30.1 Å². The fourth-order valence-electron chi connectivity index (χ4n) is 2.95. The molecule has 2 fully saturated rings. The summed E-state index contributed by atoms with van der Waals surface area (Å²) in [5.74, 6) is -0.255. The molecule has 0 aliphatic carbocycles. The van der Waals surface area contributed by atoms with Gasteiger partial charge in [-0.05, 0) is 25.0 Å². The summed E-state index contributed by atoms with van der Waals surface area (Å²) in [7, 11) is 0. The number of amides is 2. The minimum atomic E-state index is -0.665. The van der Waals surface area contributed by atoms with Gasteiger partial charge in [0.15, 0.2) is 0 Å². The van der Waals surface area contributed by atoms with Gasteiger partial charge in [0.05, 0.1) is 17.6 Å². The van der Waals surface area contributed by atoms with Gasteiger partial charge >= 0.3 is 18.0 Å². The summed E-state index contributed by atoms with van der Waals surface area (Å²) in [5.41, 5.74) is 0.267. The molecule has 1 aromatic heterocycles. The van der Waals surface area contributed by atoms with Crippen LogP contribution in [0.3, 0.4) is 0 Å². The third-order valence-corrected chi connectivity index (χ3v) is 5.67. The van der Waals surface area contributed by atoms with E-state index in [9.17, 15) is 14.4 Å². The molecule has 0 spiro atoms. The maximum atomic E-state index is 11.7. The van der Waals surface area contributed by atoms with Crippen LogP contribution in [0.1, 0.15) is 36.0 Å². The molecule has 2 N–H and O–H groups in total. The van der Waals surface area contributed by atoms with Crippen LogP contribution in [0.5, 0.6) is 0 Å². The van der Waals surface area contributed by atoms with Crippen LogP contribution in [0.15, 0.2) is 24.5 Å². The minimum absolute atomic E-state index is 0.0900. The average Bonchev–Trinajstić information content (AvgIpc) is 3.12. The lowest BCUT2D eigenvalue weighted by molar-refractivity contribution is -0.138. The van der Waals surface area contributed by atoms with Gasteiger partial charge in [-0.15, -0.1) is 0 Å². The Hall–Kier alpha value is -2.09. The molecule has 2 aliphatic rings. The molecule has 2 saturated heterocycles. The second-order valence-corrected chi connectivity index (χ2v) is 7.14. The molecule has 2 amide bonds. The Morgan fingerprint density at radius 3 is 3.00 bits per heavy atom. The number of hydrogen-bond donors (Lipinski definition) is 2. The van der Waals surface area contributed by atoms with Gasteiger partial charge in [-0.1, -0.05) is 6.42 Å². The predicted octanol–water partition coefficient (Wildman–Crippen LogP) is 1.49. The molecule has 0 unspecified atom stereocenters. The molecule has 0 aromatic carbocycles. The molecule has 3 rings (SSSR count). The lowest BCUT2D eigenvalue weighted by Crippen LogP contribution is -2.36. The maximum Gasteiger partial charge on any atom is 0.347 e. The minimum Gasteiger partial charge on any atom is -0.389 e. The Morgan fingerprint density at radius 1 is 1.33 bits per heavy atom. The van der Waals surface area contributed by atoms with Gasteiger partial charge in [0, 0.05) is 29.8 Å². The van der Waals surface area contributed by atoms with E-state index in [2.05, 4.69) is 15.6 Å². The molecule has 24 heavy (non-hydrogen) atoms. The van der Waals surface area contributed by atoms with Crippen molar-refractivity contribution in [1.29, 1.82) is 0 Å². The van der Waals surface area contributed by atoms with Crippen molar-refractivity contribution in [2.75, 3.05) is 5.75 Å². The number of carbonyl (C=O) groups is 3. The Balaban J connectivity index is 1.34. The highest BCUT2D eigenvalue weighted by Gasteiger charge is 2.42. The smallest absolute Gasteiger partial charge is 0.347 e. The third-order valence-electron chi connectivity index (χ3n) is 4.16. The SMILES string of the molecule is O=C1N[C@H]2[C@H](CS[C@H]2CCCCC(=O)OC(=O)c2cccnc2)N1. The molecule has 0 saturated carbocycles. The Kier molecular flexibility index (Phi) is 5.34. The van der Waals surface area contributed by atoms with Crippen molar-refractivity contribution in [2.45, 2.75) is 43.0 Å². The van der Waals surface area contributed by atoms with E-state index in [1.165, 1.54) is 6.20 Å². The monoisotopic (exact) mass is 349 g/mol. The average molecular weight is 349 g/mol. The number of ether oxygens (including phenoxy) is 1. The van der Waals surface area contributed by atoms with Crippen molar-refractivity contribution in [3.8, 4) is 0 Å². The van der Waals surface area contributed by atoms with Crippen LogP contribution in [-0.2, 0) is 9.53 Å². The van der Waals surface area contributed by atoms with E-state index in [0.29, 0.717) is 11.7 Å². The van der Waals surface area contributed by atoms with Gasteiger partial charge in [-0.2, -0.15) is 11.8 Å². The van der Waals surface area contributed by atoms with E-state index in [1.54, 1.807) is 18.3 Å². The van der Waals surface area contributed by atoms with Crippen molar-refractivity contribution >= 4 is 29.7 Å². The van der Waals surface area contributed by atoms with E-state index < -0.39 is 11.9 Å². The Morgan fingerprint density at radius 2 is 2.21 bits per heavy atom. The molecule has 3 heterocycles. The zero-order valence-electron chi connectivity index (χ0n) is 13.1. The Labute approximate surface area is 143 Å². The van der Waals surface area contributed by atoms with Crippen molar-refractivity contribution in [1.82, 2.24) is 15.6 Å². The maximum absolute atomic E-state index is 11.7. The lowest BCUT2D eigenvalue weighted by Gasteiger charge is -2.16. The number of esters is 2. The third kappa shape index (κ3) is 4.05. The first-order chi connectivity index (χ1) is 11.6. The molecule has 8 heteroatoms. The van der Waals surface area contributed by atoms with Gasteiger partial charge in [0.2, 0.25) is 0 Å². The van der Waals surface area contributed by atoms with Crippen LogP contribution in [0.25, 0.3) is 0 Å². The number of rotatable bonds is 6. The number of hydrogen-bond acceptors (Lipinski definition) is 6. The molecular weight excluding hydrogens is 330 g/mol. The van der Waals surface area contributed by atoms with Crippen molar-refractivity contribution in [3.63, 3.8) is 0 Å². The predicted molar refractivity (Wildman–Crippen MR) is 88.6 cm³/mol. The zero-order valence-corrected chi connectivity index (χ0v) is 13.9. The van der Waals surface area contributed by atoms with Crippen LogP contribution in [-0.4, -0.2) is 46.0 Å². The molecule has 3 atom stereocenters. The van der Waals surface area contributed by atoms with Crippen LogP contribution in [0.2, 0.25) is 0 Å². The second kappa shape index (κ2) is 7.65. The van der Waals surface area contributed by atoms with Crippen LogP contribution >= 0.6 is 11.8 Å². The quantitative estimate of drug-likeness (QED) is 0.349. The van der Waals surface area contributed by atoms with Crippen LogP contribution in [0, 0.1) is 0 Å². The largest absolute Gasteiger partial charge is 0.389 e. The molecular formula is C16H19N3O4S. The number of nitrogens with zero attached hydrogens (tertiary/aromatic N) is 1. The van der Waals surface area contributed by atoms with Crippen molar-refractivity contribution in [2.24, 2.45) is 0 Å². The van der Waals surface area contributed by atoms with Gasteiger partial charge in [0.25, 0.3) is 0 Å². The number of fused-ring (bicyclic) bond motifs is 1. The number of urea groups is 1. The number of thioether (sulfide) groups is 1. The molecule has 2 aliphatic heterocycles. The summed E-state index contributed by atoms with van der Waals surface area (Å²) in [6.07, 6.45) is 5.57. The number of pyridine rings is 1. The molecule has 7 nitrogen and oxygen atoms in total. The number of aromatic nitrogens is 1. The fraction of sp³-hybridized carbons (Fsp3) is 0.500.